The molecule has 4 N–H and O–H groups in total. The second kappa shape index (κ2) is 6.66. The van der Waals surface area contributed by atoms with Crippen molar-refractivity contribution in [1.29, 1.82) is 0 Å². The van der Waals surface area contributed by atoms with Crippen LogP contribution < -0.4 is 16.6 Å². The lowest BCUT2D eigenvalue weighted by Crippen LogP contribution is -2.40. The maximum absolute atomic E-state index is 5.27. The minimum absolute atomic E-state index is 0.0755. The predicted molar refractivity (Wildman–Crippen MR) is 85.1 cm³/mol. The number of hydrogen-bond donors (Lipinski definition) is 3. The second-order valence-electron chi connectivity index (χ2n) is 5.63. The van der Waals surface area contributed by atoms with E-state index < -0.39 is 0 Å². The molecule has 0 spiro atoms. The standard InChI is InChI=1S/C17H23N3/c1-17(2,12-19-13-20-18)16-10-8-15(9-11-16)14-6-4-3-5-7-14/h3-11,19-20H,12-13,18H2,1-2H3. The number of rotatable bonds is 6. The summed E-state index contributed by atoms with van der Waals surface area (Å²) in [5.74, 6) is 5.27. The summed E-state index contributed by atoms with van der Waals surface area (Å²) >= 11 is 0. The minimum Gasteiger partial charge on any atom is -0.303 e. The van der Waals surface area contributed by atoms with Crippen LogP contribution in [0.1, 0.15) is 19.4 Å². The average Bonchev–Trinajstić information content (AvgIpc) is 2.48. The summed E-state index contributed by atoms with van der Waals surface area (Å²) in [5.41, 5.74) is 6.51. The van der Waals surface area contributed by atoms with E-state index in [1.165, 1.54) is 16.7 Å². The average molecular weight is 269 g/mol. The fraction of sp³-hybridized carbons (Fsp3) is 0.294. The van der Waals surface area contributed by atoms with Crippen molar-refractivity contribution in [2.45, 2.75) is 19.3 Å². The summed E-state index contributed by atoms with van der Waals surface area (Å²) in [6, 6.07) is 19.2. The number of hydrogen-bond acceptors (Lipinski definition) is 3. The highest BCUT2D eigenvalue weighted by Gasteiger charge is 2.19. The summed E-state index contributed by atoms with van der Waals surface area (Å²) in [6.07, 6.45) is 0. The minimum atomic E-state index is 0.0755. The quantitative estimate of drug-likeness (QED) is 0.327. The molecule has 3 nitrogen and oxygen atoms in total. The maximum atomic E-state index is 5.27. The molecule has 0 bridgehead atoms. The largest absolute Gasteiger partial charge is 0.303 e. The summed E-state index contributed by atoms with van der Waals surface area (Å²) < 4.78 is 0. The zero-order chi connectivity index (χ0) is 14.4. The molecule has 2 aromatic rings. The Morgan fingerprint density at radius 2 is 1.50 bits per heavy atom. The van der Waals surface area contributed by atoms with Gasteiger partial charge in [0.25, 0.3) is 0 Å². The molecule has 0 saturated heterocycles. The topological polar surface area (TPSA) is 50.1 Å². The van der Waals surface area contributed by atoms with E-state index in [0.717, 1.165) is 6.54 Å². The van der Waals surface area contributed by atoms with E-state index in [1.807, 2.05) is 6.07 Å². The number of nitrogens with one attached hydrogen (secondary N) is 2. The van der Waals surface area contributed by atoms with Gasteiger partial charge in [-0.05, 0) is 16.7 Å². The van der Waals surface area contributed by atoms with Gasteiger partial charge < -0.3 is 5.32 Å². The van der Waals surface area contributed by atoms with Gasteiger partial charge in [0.2, 0.25) is 0 Å². The first-order chi connectivity index (χ1) is 9.63. The first kappa shape index (κ1) is 14.7. The van der Waals surface area contributed by atoms with Gasteiger partial charge in [-0.3, -0.25) is 5.84 Å². The van der Waals surface area contributed by atoms with Crippen LogP contribution in [0.5, 0.6) is 0 Å². The van der Waals surface area contributed by atoms with Crippen LogP contribution in [0.4, 0.5) is 0 Å². The van der Waals surface area contributed by atoms with Gasteiger partial charge in [0, 0.05) is 12.0 Å². The predicted octanol–water partition coefficient (Wildman–Crippen LogP) is 2.64. The monoisotopic (exact) mass is 269 g/mol. The maximum Gasteiger partial charge on any atom is 0.0587 e. The SMILES string of the molecule is CC(C)(CNCNN)c1ccc(-c2ccccc2)cc1. The zero-order valence-electron chi connectivity index (χ0n) is 12.2. The van der Waals surface area contributed by atoms with Crippen molar-refractivity contribution in [2.24, 2.45) is 5.84 Å². The molecule has 0 fully saturated rings. The molecule has 0 radical (unpaired) electrons. The lowest BCUT2D eigenvalue weighted by Gasteiger charge is -2.26. The van der Waals surface area contributed by atoms with Gasteiger partial charge in [0.1, 0.15) is 0 Å². The molecule has 0 atom stereocenters. The molecule has 0 aliphatic heterocycles. The van der Waals surface area contributed by atoms with Gasteiger partial charge in [-0.25, -0.2) is 5.43 Å². The zero-order valence-corrected chi connectivity index (χ0v) is 12.2. The van der Waals surface area contributed by atoms with Crippen molar-refractivity contribution in [3.63, 3.8) is 0 Å². The van der Waals surface area contributed by atoms with Gasteiger partial charge in [-0.1, -0.05) is 68.4 Å². The highest BCUT2D eigenvalue weighted by atomic mass is 15.3. The molecular weight excluding hydrogens is 246 g/mol. The Kier molecular flexibility index (Phi) is 4.90. The Balaban J connectivity index is 2.11. The molecule has 20 heavy (non-hydrogen) atoms. The molecule has 0 heterocycles. The first-order valence-electron chi connectivity index (χ1n) is 6.93. The van der Waals surface area contributed by atoms with Crippen LogP contribution in [0.3, 0.4) is 0 Å². The molecule has 0 amide bonds. The first-order valence-corrected chi connectivity index (χ1v) is 6.93. The van der Waals surface area contributed by atoms with Crippen LogP contribution in [0.2, 0.25) is 0 Å². The molecule has 0 unspecified atom stereocenters. The Hall–Kier alpha value is -1.68. The van der Waals surface area contributed by atoms with Crippen LogP contribution in [-0.4, -0.2) is 13.2 Å². The van der Waals surface area contributed by atoms with Crippen molar-refractivity contribution in [3.8, 4) is 11.1 Å². The highest BCUT2D eigenvalue weighted by molar-refractivity contribution is 5.63. The highest BCUT2D eigenvalue weighted by Crippen LogP contribution is 2.26. The third kappa shape index (κ3) is 3.67. The Morgan fingerprint density at radius 1 is 0.900 bits per heavy atom. The Morgan fingerprint density at radius 3 is 2.10 bits per heavy atom. The number of nitrogens with two attached hydrogens (primary N) is 1. The Labute approximate surface area is 121 Å². The van der Waals surface area contributed by atoms with E-state index in [4.69, 9.17) is 5.84 Å². The molecular formula is C17H23N3. The number of hydrazine groups is 1. The third-order valence-corrected chi connectivity index (χ3v) is 3.57. The van der Waals surface area contributed by atoms with Crippen molar-refractivity contribution in [1.82, 2.24) is 10.7 Å². The van der Waals surface area contributed by atoms with Crippen molar-refractivity contribution in [2.75, 3.05) is 13.2 Å². The van der Waals surface area contributed by atoms with E-state index in [-0.39, 0.29) is 5.41 Å². The van der Waals surface area contributed by atoms with Crippen molar-refractivity contribution >= 4 is 0 Å². The third-order valence-electron chi connectivity index (χ3n) is 3.57. The van der Waals surface area contributed by atoms with E-state index >= 15 is 0 Å². The van der Waals surface area contributed by atoms with Crippen LogP contribution in [0.15, 0.2) is 54.6 Å². The molecule has 3 heteroatoms. The molecule has 0 saturated carbocycles. The van der Waals surface area contributed by atoms with Gasteiger partial charge in [0.15, 0.2) is 0 Å². The molecule has 0 aromatic heterocycles. The molecule has 106 valence electrons. The van der Waals surface area contributed by atoms with Crippen LogP contribution in [-0.2, 0) is 5.41 Å². The van der Waals surface area contributed by atoms with Gasteiger partial charge >= 0.3 is 0 Å². The normalized spacial score (nSPS) is 11.6. The lowest BCUT2D eigenvalue weighted by molar-refractivity contribution is 0.455. The van der Waals surface area contributed by atoms with E-state index in [2.05, 4.69) is 73.1 Å². The van der Waals surface area contributed by atoms with E-state index in [0.29, 0.717) is 6.67 Å². The molecule has 2 rings (SSSR count). The van der Waals surface area contributed by atoms with Crippen LogP contribution in [0, 0.1) is 0 Å². The van der Waals surface area contributed by atoms with Gasteiger partial charge in [-0.2, -0.15) is 0 Å². The van der Waals surface area contributed by atoms with E-state index in [1.54, 1.807) is 0 Å². The second-order valence-corrected chi connectivity index (χ2v) is 5.63. The van der Waals surface area contributed by atoms with E-state index in [9.17, 15) is 0 Å². The molecule has 2 aromatic carbocycles. The fourth-order valence-electron chi connectivity index (χ4n) is 2.29. The lowest BCUT2D eigenvalue weighted by atomic mass is 9.84. The van der Waals surface area contributed by atoms with Crippen LogP contribution >= 0.6 is 0 Å². The summed E-state index contributed by atoms with van der Waals surface area (Å²) in [7, 11) is 0. The summed E-state index contributed by atoms with van der Waals surface area (Å²) in [4.78, 5) is 0. The summed E-state index contributed by atoms with van der Waals surface area (Å²) in [5, 5.41) is 3.28. The molecule has 0 aliphatic carbocycles. The smallest absolute Gasteiger partial charge is 0.0587 e. The van der Waals surface area contributed by atoms with Crippen LogP contribution in [0.25, 0.3) is 11.1 Å². The molecule has 0 aliphatic rings. The van der Waals surface area contributed by atoms with Gasteiger partial charge in [-0.15, -0.1) is 0 Å². The van der Waals surface area contributed by atoms with Crippen molar-refractivity contribution < 1.29 is 0 Å². The van der Waals surface area contributed by atoms with Crippen molar-refractivity contribution in [3.05, 3.63) is 60.2 Å². The number of benzene rings is 2. The van der Waals surface area contributed by atoms with Gasteiger partial charge in [0.05, 0.1) is 6.67 Å². The fourth-order valence-corrected chi connectivity index (χ4v) is 2.29. The summed E-state index contributed by atoms with van der Waals surface area (Å²) in [6.45, 7) is 5.95. The Bertz CT molecular complexity index is 518.